The van der Waals surface area contributed by atoms with Crippen molar-refractivity contribution >= 4 is 27.5 Å². The van der Waals surface area contributed by atoms with Gasteiger partial charge in [-0.15, -0.1) is 0 Å². The predicted molar refractivity (Wildman–Crippen MR) is 195 cm³/mol. The summed E-state index contributed by atoms with van der Waals surface area (Å²) in [6.07, 6.45) is 4.53. The molecule has 0 amide bonds. The number of hydrogen-bond donors (Lipinski definition) is 1. The van der Waals surface area contributed by atoms with Crippen molar-refractivity contribution in [2.75, 3.05) is 27.2 Å². The Morgan fingerprint density at radius 2 is 1.60 bits per heavy atom. The van der Waals surface area contributed by atoms with Gasteiger partial charge >= 0.3 is 0 Å². The minimum Gasteiger partial charge on any atom is -0.487 e. The number of likely N-dealkylation sites (tertiary alicyclic amines) is 1. The molecule has 4 aromatic rings. The minimum atomic E-state index is -1.27. The average molecular weight is 771 g/mol. The van der Waals surface area contributed by atoms with E-state index in [1.807, 2.05) is 74.8 Å². The van der Waals surface area contributed by atoms with Crippen LogP contribution in [0.5, 0.6) is 11.6 Å². The Hall–Kier alpha value is -4.32. The van der Waals surface area contributed by atoms with E-state index in [0.29, 0.717) is 64.2 Å². The maximum atomic E-state index is 16.7. The van der Waals surface area contributed by atoms with Crippen molar-refractivity contribution < 1.29 is 32.7 Å². The number of epoxide rings is 1. The average Bonchev–Trinajstić information content (AvgIpc) is 3.79. The number of fused-ring (bicyclic) bond motifs is 3. The molecule has 3 heterocycles. The van der Waals surface area contributed by atoms with E-state index in [1.165, 1.54) is 6.42 Å². The fourth-order valence-electron chi connectivity index (χ4n) is 8.34. The van der Waals surface area contributed by atoms with Crippen LogP contribution in [0, 0.1) is 17.7 Å². The van der Waals surface area contributed by atoms with Gasteiger partial charge in [-0.2, -0.15) is 0 Å². The third-order valence-corrected chi connectivity index (χ3v) is 11.6. The van der Waals surface area contributed by atoms with Gasteiger partial charge in [-0.25, -0.2) is 4.39 Å². The van der Waals surface area contributed by atoms with Gasteiger partial charge in [0.1, 0.15) is 30.3 Å². The predicted octanol–water partition coefficient (Wildman–Crippen LogP) is 7.39. The summed E-state index contributed by atoms with van der Waals surface area (Å²) in [5.74, 6) is -0.249. The van der Waals surface area contributed by atoms with Crippen LogP contribution in [0.1, 0.15) is 74.4 Å². The topological polar surface area (TPSA) is 106 Å². The van der Waals surface area contributed by atoms with E-state index in [1.54, 1.807) is 0 Å². The first-order valence-corrected chi connectivity index (χ1v) is 18.8. The molecule has 2 saturated heterocycles. The smallest absolute Gasteiger partial charge is 0.265 e. The van der Waals surface area contributed by atoms with E-state index in [2.05, 4.69) is 31.3 Å². The molecule has 1 aromatic heterocycles. The number of ether oxygens (including phenoxy) is 3. The lowest BCUT2D eigenvalue weighted by atomic mass is 9.63. The third-order valence-electron chi connectivity index (χ3n) is 10.8. The number of piperidine rings is 1. The zero-order chi connectivity index (χ0) is 36.0. The van der Waals surface area contributed by atoms with Gasteiger partial charge in [-0.05, 0) is 91.0 Å². The summed E-state index contributed by atoms with van der Waals surface area (Å²) >= 11 is 3.69. The number of carbonyl (C=O) groups excluding carboxylic acids is 2. The Bertz CT molecular complexity index is 2040. The largest absolute Gasteiger partial charge is 0.487 e. The third kappa shape index (κ3) is 5.96. The monoisotopic (exact) mass is 769 g/mol. The molecule has 1 N–H and O–H groups in total. The van der Waals surface area contributed by atoms with Crippen LogP contribution in [0.3, 0.4) is 0 Å². The van der Waals surface area contributed by atoms with Crippen LogP contribution in [0.15, 0.2) is 81.0 Å². The van der Waals surface area contributed by atoms with E-state index in [0.717, 1.165) is 37.1 Å². The number of aromatic nitrogens is 1. The number of benzene rings is 3. The molecule has 3 aromatic carbocycles. The lowest BCUT2D eigenvalue weighted by molar-refractivity contribution is 0.0734. The molecule has 0 saturated carbocycles. The summed E-state index contributed by atoms with van der Waals surface area (Å²) < 4.78 is 41.5. The van der Waals surface area contributed by atoms with Gasteiger partial charge in [-0.1, -0.05) is 67.1 Å². The second kappa shape index (κ2) is 14.2. The molecule has 0 bridgehead atoms. The molecular formula is C41H41BrFN3O6. The second-order valence-corrected chi connectivity index (χ2v) is 15.0. The molecule has 9 rings (SSSR count). The van der Waals surface area contributed by atoms with Crippen molar-refractivity contribution in [3.05, 3.63) is 121 Å². The number of carbonyl (C=O) groups is 2. The fraction of sp³-hybridized carbons (Fsp3) is 0.390. The number of halogens is 2. The summed E-state index contributed by atoms with van der Waals surface area (Å²) in [4.78, 5) is 31.2. The highest BCUT2D eigenvalue weighted by Crippen LogP contribution is 2.63. The van der Waals surface area contributed by atoms with Gasteiger partial charge in [0.15, 0.2) is 17.3 Å². The van der Waals surface area contributed by atoms with Crippen molar-refractivity contribution in [1.29, 1.82) is 0 Å². The standard InChI is InChI=1S/C39H34BrFN2O6.C2H7N/c40-32-27(19-43-14-8-3-9-15-43)33(41)26-17-24-16-25-18-28-31(38(42-49-28)47-21-23-12-6-2-7-13-23)36(45)39(25)37(48-39)29(24)34(44)30(26)35(32)46-20-22-10-4-1-5-11-22;1-3-2/h1-2,4-7,10-13,24-25H,3,8-9,14-21H2;3H,1-2H3/t24?,25-,39+;/m0./s1. The van der Waals surface area contributed by atoms with Gasteiger partial charge in [0.05, 0.1) is 10.0 Å². The highest BCUT2D eigenvalue weighted by molar-refractivity contribution is 9.10. The van der Waals surface area contributed by atoms with Crippen LogP contribution in [0.4, 0.5) is 4.39 Å². The lowest BCUT2D eigenvalue weighted by Gasteiger charge is -2.36. The summed E-state index contributed by atoms with van der Waals surface area (Å²) in [5, 5.41) is 6.86. The highest BCUT2D eigenvalue weighted by atomic mass is 79.9. The van der Waals surface area contributed by atoms with Crippen molar-refractivity contribution in [2.24, 2.45) is 11.8 Å². The van der Waals surface area contributed by atoms with Gasteiger partial charge in [-0.3, -0.25) is 14.5 Å². The summed E-state index contributed by atoms with van der Waals surface area (Å²) in [7, 11) is 3.75. The number of nitrogens with zero attached hydrogens (tertiary/aromatic N) is 2. The Kier molecular flexibility index (Phi) is 9.52. The molecule has 0 radical (unpaired) electrons. The number of nitrogens with one attached hydrogen (secondary N) is 1. The zero-order valence-electron chi connectivity index (χ0n) is 29.3. The maximum absolute atomic E-state index is 16.7. The van der Waals surface area contributed by atoms with Crippen LogP contribution in [0.2, 0.25) is 0 Å². The van der Waals surface area contributed by atoms with E-state index in [4.69, 9.17) is 18.7 Å². The van der Waals surface area contributed by atoms with E-state index >= 15 is 4.39 Å². The summed E-state index contributed by atoms with van der Waals surface area (Å²) in [6, 6.07) is 19.3. The van der Waals surface area contributed by atoms with Crippen molar-refractivity contribution in [3.8, 4) is 11.6 Å². The van der Waals surface area contributed by atoms with E-state index < -0.39 is 5.60 Å². The molecule has 1 unspecified atom stereocenters. The fourth-order valence-corrected chi connectivity index (χ4v) is 8.95. The number of ketones is 2. The Morgan fingerprint density at radius 1 is 0.942 bits per heavy atom. The molecule has 2 fully saturated rings. The van der Waals surface area contributed by atoms with Gasteiger partial charge in [0, 0.05) is 35.6 Å². The van der Waals surface area contributed by atoms with Crippen LogP contribution in [0.25, 0.3) is 0 Å². The Balaban J connectivity index is 0.00000125. The summed E-state index contributed by atoms with van der Waals surface area (Å²) in [6.45, 7) is 2.67. The quantitative estimate of drug-likeness (QED) is 0.184. The molecule has 52 heavy (non-hydrogen) atoms. The Morgan fingerprint density at radius 3 is 2.27 bits per heavy atom. The minimum absolute atomic E-state index is 0.128. The molecular weight excluding hydrogens is 729 g/mol. The maximum Gasteiger partial charge on any atom is 0.265 e. The summed E-state index contributed by atoms with van der Waals surface area (Å²) in [5.41, 5.74) is 2.42. The second-order valence-electron chi connectivity index (χ2n) is 14.2. The van der Waals surface area contributed by atoms with E-state index in [-0.39, 0.29) is 59.4 Å². The van der Waals surface area contributed by atoms with Crippen molar-refractivity contribution in [2.45, 2.75) is 63.9 Å². The molecule has 3 aliphatic carbocycles. The molecule has 1 spiro atoms. The molecule has 3 atom stereocenters. The lowest BCUT2D eigenvalue weighted by Crippen LogP contribution is -2.44. The molecule has 5 aliphatic rings. The number of rotatable bonds is 8. The molecule has 9 nitrogen and oxygen atoms in total. The normalized spacial score (nSPS) is 22.8. The van der Waals surface area contributed by atoms with Crippen LogP contribution < -0.4 is 14.8 Å². The van der Waals surface area contributed by atoms with Gasteiger partial charge in [0.25, 0.3) is 5.88 Å². The first kappa shape index (κ1) is 34.7. The first-order valence-electron chi connectivity index (χ1n) is 18.0. The zero-order valence-corrected chi connectivity index (χ0v) is 30.9. The SMILES string of the molecule is CNC.O=C1C2=C3O[C@]34C(=O)c3c(OCc5ccccc5)noc3C[C@@H]4CC2Cc2c(F)c(CN3CCCCC3)c(Br)c(OCc3ccccc3)c21. The highest BCUT2D eigenvalue weighted by Gasteiger charge is 2.72. The van der Waals surface area contributed by atoms with Crippen LogP contribution in [-0.4, -0.2) is 54.4 Å². The first-order chi connectivity index (χ1) is 25.3. The number of Topliss-reactive ketones (excluding diaryl/α,β-unsaturated/α-hetero) is 2. The van der Waals surface area contributed by atoms with Crippen molar-refractivity contribution in [3.63, 3.8) is 0 Å². The number of hydrogen-bond acceptors (Lipinski definition) is 9. The number of allylic oxidation sites excluding steroid dienone is 1. The van der Waals surface area contributed by atoms with Crippen molar-refractivity contribution in [1.82, 2.24) is 15.4 Å². The van der Waals surface area contributed by atoms with E-state index in [9.17, 15) is 9.59 Å². The molecule has 2 aliphatic heterocycles. The van der Waals surface area contributed by atoms with Crippen LogP contribution in [-0.2, 0) is 37.3 Å². The Labute approximate surface area is 310 Å². The van der Waals surface area contributed by atoms with Crippen LogP contribution >= 0.6 is 15.9 Å². The van der Waals surface area contributed by atoms with Gasteiger partial charge < -0.3 is 24.1 Å². The molecule has 270 valence electrons. The molecule has 11 heteroatoms. The van der Waals surface area contributed by atoms with Gasteiger partial charge in [0.2, 0.25) is 11.4 Å².